The molecule has 2 heterocycles. The van der Waals surface area contributed by atoms with Gasteiger partial charge in [-0.05, 0) is 45.2 Å². The van der Waals surface area contributed by atoms with Gasteiger partial charge in [-0.15, -0.1) is 0 Å². The predicted octanol–water partition coefficient (Wildman–Crippen LogP) is 2.39. The molecule has 1 aromatic heterocycles. The van der Waals surface area contributed by atoms with E-state index in [1.54, 1.807) is 6.20 Å². The van der Waals surface area contributed by atoms with Crippen molar-refractivity contribution in [2.45, 2.75) is 45.3 Å². The van der Waals surface area contributed by atoms with Gasteiger partial charge in [0.05, 0.1) is 11.2 Å². The average molecular weight is 279 g/mol. The highest BCUT2D eigenvalue weighted by Gasteiger charge is 2.29. The molecule has 1 saturated heterocycles. The number of ether oxygens (including phenoxy) is 1. The van der Waals surface area contributed by atoms with Crippen LogP contribution < -0.4 is 11.1 Å². The maximum absolute atomic E-state index is 5.80. The van der Waals surface area contributed by atoms with Crippen molar-refractivity contribution in [2.75, 3.05) is 11.9 Å². The second-order valence-corrected chi connectivity index (χ2v) is 6.10. The molecule has 0 aliphatic carbocycles. The van der Waals surface area contributed by atoms with Crippen LogP contribution in [0.1, 0.15) is 37.8 Å². The first kappa shape index (κ1) is 14.2. The molecule has 1 fully saturated rings. The fraction of sp³-hybridized carbons (Fsp3) is 0.571. The van der Waals surface area contributed by atoms with Gasteiger partial charge in [0.15, 0.2) is 0 Å². The molecular formula is C14H21N3OS. The largest absolute Gasteiger partial charge is 0.389 e. The summed E-state index contributed by atoms with van der Waals surface area (Å²) in [6, 6.07) is 2.26. The summed E-state index contributed by atoms with van der Waals surface area (Å²) in [5, 5.41) is 3.47. The van der Waals surface area contributed by atoms with E-state index in [-0.39, 0.29) is 5.60 Å². The smallest absolute Gasteiger partial charge is 0.136 e. The van der Waals surface area contributed by atoms with Gasteiger partial charge in [-0.2, -0.15) is 0 Å². The molecule has 5 heteroatoms. The highest BCUT2D eigenvalue weighted by Crippen LogP contribution is 2.27. The zero-order valence-electron chi connectivity index (χ0n) is 11.7. The van der Waals surface area contributed by atoms with Gasteiger partial charge >= 0.3 is 0 Å². The Balaban J connectivity index is 2.19. The van der Waals surface area contributed by atoms with Crippen molar-refractivity contribution >= 4 is 23.0 Å². The van der Waals surface area contributed by atoms with Crippen LogP contribution in [-0.2, 0) is 4.74 Å². The maximum atomic E-state index is 5.80. The van der Waals surface area contributed by atoms with Crippen molar-refractivity contribution in [1.29, 1.82) is 0 Å². The molecule has 19 heavy (non-hydrogen) atoms. The molecule has 1 aliphatic heterocycles. The Hall–Kier alpha value is -1.20. The Bertz CT molecular complexity index is 488. The SMILES string of the molecule is Cc1ccnc(NC2CCOC(C)(C)C2)c1C(N)=S. The van der Waals surface area contributed by atoms with E-state index in [1.807, 2.05) is 13.0 Å². The fourth-order valence-electron chi connectivity index (χ4n) is 2.53. The van der Waals surface area contributed by atoms with Crippen LogP contribution in [0.3, 0.4) is 0 Å². The minimum Gasteiger partial charge on any atom is -0.389 e. The Morgan fingerprint density at radius 1 is 1.58 bits per heavy atom. The highest BCUT2D eigenvalue weighted by atomic mass is 32.1. The predicted molar refractivity (Wildman–Crippen MR) is 81.5 cm³/mol. The summed E-state index contributed by atoms with van der Waals surface area (Å²) in [6.07, 6.45) is 3.69. The van der Waals surface area contributed by atoms with Gasteiger partial charge in [0.25, 0.3) is 0 Å². The van der Waals surface area contributed by atoms with E-state index in [9.17, 15) is 0 Å². The molecule has 0 amide bonds. The Morgan fingerprint density at radius 3 is 2.95 bits per heavy atom. The molecule has 0 radical (unpaired) electrons. The zero-order chi connectivity index (χ0) is 14.0. The van der Waals surface area contributed by atoms with Crippen molar-refractivity contribution in [3.05, 3.63) is 23.4 Å². The molecule has 1 unspecified atom stereocenters. The second-order valence-electron chi connectivity index (χ2n) is 5.66. The molecular weight excluding hydrogens is 258 g/mol. The molecule has 0 aromatic carbocycles. The van der Waals surface area contributed by atoms with Gasteiger partial charge in [-0.25, -0.2) is 4.98 Å². The summed E-state index contributed by atoms with van der Waals surface area (Å²) < 4.78 is 5.72. The second kappa shape index (κ2) is 5.43. The summed E-state index contributed by atoms with van der Waals surface area (Å²) in [5.74, 6) is 0.787. The Kier molecular flexibility index (Phi) is 4.06. The van der Waals surface area contributed by atoms with Crippen molar-refractivity contribution in [3.8, 4) is 0 Å². The lowest BCUT2D eigenvalue weighted by molar-refractivity contribution is -0.0553. The lowest BCUT2D eigenvalue weighted by Gasteiger charge is -2.36. The summed E-state index contributed by atoms with van der Waals surface area (Å²) >= 11 is 5.12. The van der Waals surface area contributed by atoms with Crippen LogP contribution in [-0.4, -0.2) is 28.2 Å². The average Bonchev–Trinajstić information content (AvgIpc) is 2.26. The first-order valence-corrected chi connectivity index (χ1v) is 6.96. The molecule has 1 aliphatic rings. The Labute approximate surface area is 119 Å². The first-order chi connectivity index (χ1) is 8.89. The van der Waals surface area contributed by atoms with Crippen molar-refractivity contribution < 1.29 is 4.74 Å². The number of aromatic nitrogens is 1. The van der Waals surface area contributed by atoms with E-state index in [0.29, 0.717) is 11.0 Å². The van der Waals surface area contributed by atoms with Crippen LogP contribution in [0, 0.1) is 6.92 Å². The minimum absolute atomic E-state index is 0.0941. The summed E-state index contributed by atoms with van der Waals surface area (Å²) in [7, 11) is 0. The van der Waals surface area contributed by atoms with Gasteiger partial charge in [0.2, 0.25) is 0 Å². The number of hydrogen-bond donors (Lipinski definition) is 2. The molecule has 4 nitrogen and oxygen atoms in total. The number of nitrogens with one attached hydrogen (secondary N) is 1. The van der Waals surface area contributed by atoms with E-state index in [0.717, 1.165) is 36.4 Å². The van der Waals surface area contributed by atoms with Gasteiger partial charge in [0, 0.05) is 18.8 Å². The molecule has 3 N–H and O–H groups in total. The number of aryl methyl sites for hydroxylation is 1. The number of anilines is 1. The number of pyridine rings is 1. The van der Waals surface area contributed by atoms with E-state index >= 15 is 0 Å². The van der Waals surface area contributed by atoms with Crippen LogP contribution in [0.4, 0.5) is 5.82 Å². The molecule has 0 spiro atoms. The maximum Gasteiger partial charge on any atom is 0.136 e. The van der Waals surface area contributed by atoms with Crippen LogP contribution in [0.15, 0.2) is 12.3 Å². The van der Waals surface area contributed by atoms with Crippen LogP contribution in [0.25, 0.3) is 0 Å². The fourth-order valence-corrected chi connectivity index (χ4v) is 2.78. The highest BCUT2D eigenvalue weighted by molar-refractivity contribution is 7.80. The standard InChI is InChI=1S/C14H21N3OS/c1-9-4-6-16-13(11(9)12(15)19)17-10-5-7-18-14(2,3)8-10/h4,6,10H,5,7-8H2,1-3H3,(H2,15,19)(H,16,17). The zero-order valence-corrected chi connectivity index (χ0v) is 12.5. The Morgan fingerprint density at radius 2 is 2.32 bits per heavy atom. The number of hydrogen-bond acceptors (Lipinski definition) is 4. The number of rotatable bonds is 3. The molecule has 0 bridgehead atoms. The lowest BCUT2D eigenvalue weighted by atomic mass is 9.94. The third-order valence-corrected chi connectivity index (χ3v) is 3.65. The van der Waals surface area contributed by atoms with Gasteiger partial charge in [-0.3, -0.25) is 0 Å². The third-order valence-electron chi connectivity index (χ3n) is 3.44. The molecule has 1 aromatic rings. The van der Waals surface area contributed by atoms with E-state index in [4.69, 9.17) is 22.7 Å². The molecule has 1 atom stereocenters. The number of thiocarbonyl (C=S) groups is 1. The quantitative estimate of drug-likeness (QED) is 0.832. The van der Waals surface area contributed by atoms with E-state index in [1.165, 1.54) is 0 Å². The molecule has 0 saturated carbocycles. The van der Waals surface area contributed by atoms with Crippen LogP contribution in [0.5, 0.6) is 0 Å². The van der Waals surface area contributed by atoms with Crippen molar-refractivity contribution in [2.24, 2.45) is 5.73 Å². The van der Waals surface area contributed by atoms with Crippen LogP contribution in [0.2, 0.25) is 0 Å². The monoisotopic (exact) mass is 279 g/mol. The topological polar surface area (TPSA) is 60.2 Å². The first-order valence-electron chi connectivity index (χ1n) is 6.55. The van der Waals surface area contributed by atoms with Crippen molar-refractivity contribution in [1.82, 2.24) is 4.98 Å². The summed E-state index contributed by atoms with van der Waals surface area (Å²) in [6.45, 7) is 6.98. The van der Waals surface area contributed by atoms with Gasteiger partial charge in [-0.1, -0.05) is 12.2 Å². The van der Waals surface area contributed by atoms with Crippen LogP contribution >= 0.6 is 12.2 Å². The molecule has 2 rings (SSSR count). The summed E-state index contributed by atoms with van der Waals surface area (Å²) in [4.78, 5) is 4.77. The lowest BCUT2D eigenvalue weighted by Crippen LogP contribution is -2.40. The van der Waals surface area contributed by atoms with Gasteiger partial charge < -0.3 is 15.8 Å². The molecule has 104 valence electrons. The number of nitrogens with two attached hydrogens (primary N) is 1. The van der Waals surface area contributed by atoms with E-state index in [2.05, 4.69) is 24.1 Å². The summed E-state index contributed by atoms with van der Waals surface area (Å²) in [5.41, 5.74) is 7.61. The van der Waals surface area contributed by atoms with Gasteiger partial charge in [0.1, 0.15) is 10.8 Å². The normalized spacial score (nSPS) is 21.9. The van der Waals surface area contributed by atoms with E-state index < -0.39 is 0 Å². The minimum atomic E-state index is -0.0941. The van der Waals surface area contributed by atoms with Crippen molar-refractivity contribution in [3.63, 3.8) is 0 Å². The third kappa shape index (κ3) is 3.42. The number of nitrogens with zero attached hydrogens (tertiary/aromatic N) is 1.